The van der Waals surface area contributed by atoms with Crippen LogP contribution < -0.4 is 5.32 Å². The Hall–Kier alpha value is -3.33. The maximum atomic E-state index is 12.6. The Morgan fingerprint density at radius 2 is 1.85 bits per heavy atom. The van der Waals surface area contributed by atoms with Gasteiger partial charge in [0.05, 0.1) is 22.0 Å². The van der Waals surface area contributed by atoms with Crippen LogP contribution in [0.25, 0.3) is 16.7 Å². The lowest BCUT2D eigenvalue weighted by molar-refractivity contribution is -0.115. The maximum Gasteiger partial charge on any atom is 0.237 e. The van der Waals surface area contributed by atoms with Crippen molar-refractivity contribution in [3.05, 3.63) is 60.9 Å². The fraction of sp³-hybridized carbons (Fsp3) is 0.111. The molecule has 0 saturated heterocycles. The number of nitrogens with zero attached hydrogens (tertiary/aromatic N) is 6. The Kier molecular flexibility index (Phi) is 4.75. The molecule has 1 N–H and O–H groups in total. The van der Waals surface area contributed by atoms with Crippen LogP contribution in [-0.4, -0.2) is 41.3 Å². The number of hydrogen-bond acceptors (Lipinski definition) is 7. The van der Waals surface area contributed by atoms with Crippen molar-refractivity contribution in [2.75, 3.05) is 5.32 Å². The Morgan fingerprint density at radius 3 is 2.67 bits per heavy atom. The predicted octanol–water partition coefficient (Wildman–Crippen LogP) is 2.72. The SMILES string of the molecule is CC(Sc1nnnn1-c1ccccc1)C(=O)Nc1ccc2nccnc2c1. The van der Waals surface area contributed by atoms with E-state index in [1.165, 1.54) is 11.8 Å². The largest absolute Gasteiger partial charge is 0.325 e. The first-order valence-corrected chi connectivity index (χ1v) is 9.11. The van der Waals surface area contributed by atoms with Crippen molar-refractivity contribution in [2.24, 2.45) is 0 Å². The molecule has 0 aliphatic heterocycles. The predicted molar refractivity (Wildman–Crippen MR) is 103 cm³/mol. The van der Waals surface area contributed by atoms with E-state index in [2.05, 4.69) is 30.8 Å². The number of para-hydroxylation sites is 1. The van der Waals surface area contributed by atoms with E-state index in [4.69, 9.17) is 0 Å². The molecule has 2 heterocycles. The molecule has 1 amide bonds. The highest BCUT2D eigenvalue weighted by atomic mass is 32.2. The van der Waals surface area contributed by atoms with Crippen molar-refractivity contribution in [3.63, 3.8) is 0 Å². The number of benzene rings is 2. The van der Waals surface area contributed by atoms with E-state index in [0.717, 1.165) is 16.7 Å². The van der Waals surface area contributed by atoms with Gasteiger partial charge in [0.25, 0.3) is 0 Å². The molecule has 4 aromatic rings. The minimum Gasteiger partial charge on any atom is -0.325 e. The van der Waals surface area contributed by atoms with Crippen LogP contribution in [-0.2, 0) is 4.79 Å². The smallest absolute Gasteiger partial charge is 0.237 e. The fourth-order valence-electron chi connectivity index (χ4n) is 2.48. The molecule has 1 atom stereocenters. The second kappa shape index (κ2) is 7.50. The topological polar surface area (TPSA) is 98.5 Å². The highest BCUT2D eigenvalue weighted by Gasteiger charge is 2.19. The third-order valence-electron chi connectivity index (χ3n) is 3.83. The van der Waals surface area contributed by atoms with Gasteiger partial charge >= 0.3 is 0 Å². The van der Waals surface area contributed by atoms with Crippen molar-refractivity contribution >= 4 is 34.4 Å². The van der Waals surface area contributed by atoms with Crippen LogP contribution in [0.2, 0.25) is 0 Å². The molecule has 2 aromatic heterocycles. The second-order valence-corrected chi connectivity index (χ2v) is 7.03. The first kappa shape index (κ1) is 17.1. The van der Waals surface area contributed by atoms with Crippen LogP contribution in [0.4, 0.5) is 5.69 Å². The number of amides is 1. The Bertz CT molecular complexity index is 1080. The molecular formula is C18H15N7OS. The molecule has 1 unspecified atom stereocenters. The van der Waals surface area contributed by atoms with Gasteiger partial charge in [-0.3, -0.25) is 14.8 Å². The summed E-state index contributed by atoms with van der Waals surface area (Å²) >= 11 is 1.29. The van der Waals surface area contributed by atoms with E-state index in [9.17, 15) is 4.79 Å². The molecule has 0 radical (unpaired) electrons. The molecule has 0 saturated carbocycles. The quantitative estimate of drug-likeness (QED) is 0.534. The summed E-state index contributed by atoms with van der Waals surface area (Å²) < 4.78 is 1.61. The molecule has 9 heteroatoms. The van der Waals surface area contributed by atoms with Crippen molar-refractivity contribution in [2.45, 2.75) is 17.3 Å². The van der Waals surface area contributed by atoms with Crippen LogP contribution >= 0.6 is 11.8 Å². The minimum atomic E-state index is -0.393. The zero-order valence-corrected chi connectivity index (χ0v) is 15.2. The average Bonchev–Trinajstić information content (AvgIpc) is 3.16. The number of tetrazole rings is 1. The number of carbonyl (C=O) groups excluding carboxylic acids is 1. The summed E-state index contributed by atoms with van der Waals surface area (Å²) in [6.07, 6.45) is 3.26. The molecule has 0 aliphatic rings. The number of aromatic nitrogens is 6. The van der Waals surface area contributed by atoms with Gasteiger partial charge in [-0.15, -0.1) is 5.10 Å². The van der Waals surface area contributed by atoms with Gasteiger partial charge in [-0.2, -0.15) is 4.68 Å². The van der Waals surface area contributed by atoms with Gasteiger partial charge in [0.15, 0.2) is 0 Å². The number of nitrogens with one attached hydrogen (secondary N) is 1. The van der Waals surface area contributed by atoms with E-state index >= 15 is 0 Å². The molecule has 0 fully saturated rings. The van der Waals surface area contributed by atoms with Crippen molar-refractivity contribution in [1.29, 1.82) is 0 Å². The summed E-state index contributed by atoms with van der Waals surface area (Å²) in [6, 6.07) is 15.0. The van der Waals surface area contributed by atoms with Crippen molar-refractivity contribution in [1.82, 2.24) is 30.2 Å². The summed E-state index contributed by atoms with van der Waals surface area (Å²) in [5, 5.41) is 14.8. The number of rotatable bonds is 5. The zero-order valence-electron chi connectivity index (χ0n) is 14.4. The van der Waals surface area contributed by atoms with Gasteiger partial charge in [-0.05, 0) is 47.7 Å². The first-order chi connectivity index (χ1) is 13.2. The lowest BCUT2D eigenvalue weighted by Gasteiger charge is -2.12. The van der Waals surface area contributed by atoms with Crippen LogP contribution in [0, 0.1) is 0 Å². The molecular weight excluding hydrogens is 362 g/mol. The minimum absolute atomic E-state index is 0.147. The Labute approximate surface area is 159 Å². The standard InChI is InChI=1S/C18H15N7OS/c1-12(27-18-22-23-24-25(18)14-5-3-2-4-6-14)17(26)21-13-7-8-15-16(11-13)20-10-9-19-15/h2-12H,1H3,(H,21,26). The highest BCUT2D eigenvalue weighted by Crippen LogP contribution is 2.24. The molecule has 27 heavy (non-hydrogen) atoms. The molecule has 2 aromatic carbocycles. The summed E-state index contributed by atoms with van der Waals surface area (Å²) in [5.74, 6) is -0.147. The summed E-state index contributed by atoms with van der Waals surface area (Å²) in [7, 11) is 0. The van der Waals surface area contributed by atoms with Gasteiger partial charge in [0.1, 0.15) is 0 Å². The van der Waals surface area contributed by atoms with Crippen LogP contribution in [0.5, 0.6) is 0 Å². The number of hydrogen-bond donors (Lipinski definition) is 1. The Morgan fingerprint density at radius 1 is 1.07 bits per heavy atom. The second-order valence-electron chi connectivity index (χ2n) is 5.72. The average molecular weight is 377 g/mol. The number of anilines is 1. The van der Waals surface area contributed by atoms with Gasteiger partial charge in [0.2, 0.25) is 11.1 Å². The number of thioether (sulfide) groups is 1. The monoisotopic (exact) mass is 377 g/mol. The summed E-state index contributed by atoms with van der Waals surface area (Å²) in [6.45, 7) is 1.81. The third-order valence-corrected chi connectivity index (χ3v) is 4.86. The third kappa shape index (κ3) is 3.77. The molecule has 0 aliphatic carbocycles. The summed E-state index contributed by atoms with van der Waals surface area (Å²) in [4.78, 5) is 21.0. The van der Waals surface area contributed by atoms with Gasteiger partial charge in [0, 0.05) is 18.1 Å². The van der Waals surface area contributed by atoms with Crippen molar-refractivity contribution in [3.8, 4) is 5.69 Å². The number of carbonyl (C=O) groups is 1. The summed E-state index contributed by atoms with van der Waals surface area (Å²) in [5.41, 5.74) is 3.01. The molecule has 134 valence electrons. The molecule has 0 spiro atoms. The van der Waals surface area contributed by atoms with Crippen LogP contribution in [0.15, 0.2) is 66.1 Å². The van der Waals surface area contributed by atoms with Gasteiger partial charge in [-0.25, -0.2) is 0 Å². The molecule has 4 rings (SSSR count). The van der Waals surface area contributed by atoms with Gasteiger partial charge < -0.3 is 5.32 Å². The lowest BCUT2D eigenvalue weighted by atomic mass is 10.2. The fourth-order valence-corrected chi connectivity index (χ4v) is 3.29. The van der Waals surface area contributed by atoms with E-state index < -0.39 is 5.25 Å². The van der Waals surface area contributed by atoms with Crippen molar-refractivity contribution < 1.29 is 4.79 Å². The first-order valence-electron chi connectivity index (χ1n) is 8.23. The Balaban J connectivity index is 1.47. The maximum absolute atomic E-state index is 12.6. The molecule has 8 nitrogen and oxygen atoms in total. The van der Waals surface area contributed by atoms with E-state index in [1.807, 2.05) is 43.3 Å². The van der Waals surface area contributed by atoms with E-state index in [-0.39, 0.29) is 5.91 Å². The van der Waals surface area contributed by atoms with Crippen LogP contribution in [0.1, 0.15) is 6.92 Å². The van der Waals surface area contributed by atoms with Crippen LogP contribution in [0.3, 0.4) is 0 Å². The van der Waals surface area contributed by atoms with E-state index in [0.29, 0.717) is 10.8 Å². The van der Waals surface area contributed by atoms with E-state index in [1.54, 1.807) is 29.2 Å². The highest BCUT2D eigenvalue weighted by molar-refractivity contribution is 8.00. The lowest BCUT2D eigenvalue weighted by Crippen LogP contribution is -2.23. The number of fused-ring (bicyclic) bond motifs is 1. The molecule has 0 bridgehead atoms. The zero-order chi connectivity index (χ0) is 18.6. The normalized spacial score (nSPS) is 12.0. The van der Waals surface area contributed by atoms with Gasteiger partial charge in [-0.1, -0.05) is 30.0 Å².